The molecule has 1 aromatic rings. The van der Waals surface area contributed by atoms with Crippen molar-refractivity contribution in [1.82, 2.24) is 0 Å². The first kappa shape index (κ1) is 9.85. The molecule has 0 unspecified atom stereocenters. The van der Waals surface area contributed by atoms with Crippen LogP contribution in [0.1, 0.15) is 35.1 Å². The van der Waals surface area contributed by atoms with Gasteiger partial charge in [-0.05, 0) is 48.9 Å². The summed E-state index contributed by atoms with van der Waals surface area (Å²) in [5.41, 5.74) is 11.9. The molecule has 0 spiro atoms. The van der Waals surface area contributed by atoms with Gasteiger partial charge in [-0.1, -0.05) is 6.07 Å². The van der Waals surface area contributed by atoms with Crippen LogP contribution in [0.15, 0.2) is 6.07 Å². The first-order valence-electron chi connectivity index (χ1n) is 5.73. The van der Waals surface area contributed by atoms with E-state index in [1.807, 2.05) is 0 Å². The summed E-state index contributed by atoms with van der Waals surface area (Å²) in [6.07, 6.45) is 2.55. The molecule has 1 amide bonds. The Balaban J connectivity index is 2.26. The van der Waals surface area contributed by atoms with Crippen molar-refractivity contribution in [3.63, 3.8) is 0 Å². The topological polar surface area (TPSA) is 55.1 Å². The maximum atomic E-state index is 11.5. The lowest BCUT2D eigenvalue weighted by Gasteiger charge is -2.19. The number of carbonyl (C=O) groups is 1. The maximum absolute atomic E-state index is 11.5. The predicted octanol–water partition coefficient (Wildman–Crippen LogP) is 1.75. The molecule has 3 nitrogen and oxygen atoms in total. The number of hydrogen-bond donors (Lipinski definition) is 2. The molecule has 0 aromatic heterocycles. The van der Waals surface area contributed by atoms with E-state index in [0.29, 0.717) is 6.42 Å². The highest BCUT2D eigenvalue weighted by Crippen LogP contribution is 2.49. The summed E-state index contributed by atoms with van der Waals surface area (Å²) >= 11 is 0. The summed E-state index contributed by atoms with van der Waals surface area (Å²) in [6, 6.07) is 2.11. The second kappa shape index (κ2) is 2.86. The maximum Gasteiger partial charge on any atom is 0.228 e. The van der Waals surface area contributed by atoms with Gasteiger partial charge in [0.15, 0.2) is 0 Å². The summed E-state index contributed by atoms with van der Waals surface area (Å²) in [5, 5.41) is 2.96. The van der Waals surface area contributed by atoms with Gasteiger partial charge in [0.2, 0.25) is 5.91 Å². The molecule has 84 valence electrons. The standard InChI is InChI=1S/C13H16N2O/c1-7-5-9-6-10(16)15-12(9)11(8(7)2)13(14)3-4-13/h5H,3-4,6,14H2,1-2H3,(H,15,16). The van der Waals surface area contributed by atoms with Crippen molar-refractivity contribution < 1.29 is 4.79 Å². The Labute approximate surface area is 95.0 Å². The second-order valence-electron chi connectivity index (χ2n) is 5.11. The Hall–Kier alpha value is -1.35. The van der Waals surface area contributed by atoms with Crippen LogP contribution in [0.2, 0.25) is 0 Å². The van der Waals surface area contributed by atoms with Crippen LogP contribution in [0.5, 0.6) is 0 Å². The quantitative estimate of drug-likeness (QED) is 0.751. The summed E-state index contributed by atoms with van der Waals surface area (Å²) in [7, 11) is 0. The van der Waals surface area contributed by atoms with Crippen molar-refractivity contribution in [2.45, 2.75) is 38.6 Å². The summed E-state index contributed by atoms with van der Waals surface area (Å²) in [4.78, 5) is 11.5. The minimum atomic E-state index is -0.183. The molecule has 3 rings (SSSR count). The number of carbonyl (C=O) groups excluding carboxylic acids is 1. The van der Waals surface area contributed by atoms with Gasteiger partial charge < -0.3 is 11.1 Å². The number of nitrogens with one attached hydrogen (secondary N) is 1. The van der Waals surface area contributed by atoms with E-state index in [0.717, 1.165) is 24.1 Å². The zero-order chi connectivity index (χ0) is 11.5. The fourth-order valence-electron chi connectivity index (χ4n) is 2.63. The second-order valence-corrected chi connectivity index (χ2v) is 5.11. The minimum absolute atomic E-state index is 0.0884. The zero-order valence-corrected chi connectivity index (χ0v) is 9.68. The minimum Gasteiger partial charge on any atom is -0.325 e. The van der Waals surface area contributed by atoms with E-state index < -0.39 is 0 Å². The van der Waals surface area contributed by atoms with Crippen molar-refractivity contribution in [2.75, 3.05) is 5.32 Å². The number of hydrogen-bond acceptors (Lipinski definition) is 2. The van der Waals surface area contributed by atoms with Crippen LogP contribution in [-0.2, 0) is 16.8 Å². The lowest BCUT2D eigenvalue weighted by molar-refractivity contribution is -0.115. The SMILES string of the molecule is Cc1cc2c(c(C3(N)CC3)c1C)NC(=O)C2. The lowest BCUT2D eigenvalue weighted by atomic mass is 9.91. The Bertz CT molecular complexity index is 501. The van der Waals surface area contributed by atoms with Gasteiger partial charge in [-0.2, -0.15) is 0 Å². The number of anilines is 1. The molecule has 0 bridgehead atoms. The molecule has 16 heavy (non-hydrogen) atoms. The van der Waals surface area contributed by atoms with Crippen LogP contribution in [0.3, 0.4) is 0 Å². The van der Waals surface area contributed by atoms with E-state index in [-0.39, 0.29) is 11.4 Å². The molecule has 3 heteroatoms. The van der Waals surface area contributed by atoms with E-state index in [2.05, 4.69) is 25.2 Å². The molecule has 1 aliphatic carbocycles. The van der Waals surface area contributed by atoms with Gasteiger partial charge >= 0.3 is 0 Å². The third-order valence-electron chi connectivity index (χ3n) is 3.83. The molecule has 0 saturated heterocycles. The fraction of sp³-hybridized carbons (Fsp3) is 0.462. The monoisotopic (exact) mass is 216 g/mol. The highest BCUT2D eigenvalue weighted by molar-refractivity contribution is 6.00. The van der Waals surface area contributed by atoms with Crippen LogP contribution < -0.4 is 11.1 Å². The number of nitrogens with two attached hydrogens (primary N) is 1. The number of amides is 1. The number of benzene rings is 1. The third-order valence-corrected chi connectivity index (χ3v) is 3.83. The van der Waals surface area contributed by atoms with E-state index in [1.165, 1.54) is 16.7 Å². The summed E-state index contributed by atoms with van der Waals surface area (Å²) in [5.74, 6) is 0.0884. The smallest absolute Gasteiger partial charge is 0.228 e. The zero-order valence-electron chi connectivity index (χ0n) is 9.68. The molecular formula is C13H16N2O. The van der Waals surface area contributed by atoms with Gasteiger partial charge in [0.1, 0.15) is 0 Å². The van der Waals surface area contributed by atoms with Crippen molar-refractivity contribution >= 4 is 11.6 Å². The van der Waals surface area contributed by atoms with E-state index in [1.54, 1.807) is 0 Å². The van der Waals surface area contributed by atoms with Gasteiger partial charge in [-0.15, -0.1) is 0 Å². The van der Waals surface area contributed by atoms with Crippen molar-refractivity contribution in [3.05, 3.63) is 28.3 Å². The molecule has 3 N–H and O–H groups in total. The van der Waals surface area contributed by atoms with Crippen LogP contribution in [0.25, 0.3) is 0 Å². The number of aryl methyl sites for hydroxylation is 1. The third kappa shape index (κ3) is 1.21. The van der Waals surface area contributed by atoms with Crippen LogP contribution in [0.4, 0.5) is 5.69 Å². The Morgan fingerprint density at radius 3 is 2.69 bits per heavy atom. The van der Waals surface area contributed by atoms with E-state index in [4.69, 9.17) is 5.73 Å². The van der Waals surface area contributed by atoms with E-state index >= 15 is 0 Å². The Morgan fingerprint density at radius 2 is 2.06 bits per heavy atom. The molecule has 1 heterocycles. The van der Waals surface area contributed by atoms with Crippen LogP contribution >= 0.6 is 0 Å². The van der Waals surface area contributed by atoms with Crippen molar-refractivity contribution in [2.24, 2.45) is 5.73 Å². The largest absolute Gasteiger partial charge is 0.325 e. The van der Waals surface area contributed by atoms with Crippen molar-refractivity contribution in [1.29, 1.82) is 0 Å². The molecule has 0 atom stereocenters. The molecule has 0 radical (unpaired) electrons. The average Bonchev–Trinajstić information content (AvgIpc) is 2.82. The molecular weight excluding hydrogens is 200 g/mol. The molecule has 1 saturated carbocycles. The highest BCUT2D eigenvalue weighted by Gasteiger charge is 2.44. The van der Waals surface area contributed by atoms with Gasteiger partial charge in [0, 0.05) is 11.2 Å². The Morgan fingerprint density at radius 1 is 1.38 bits per heavy atom. The first-order chi connectivity index (χ1) is 7.51. The Kier molecular flexibility index (Phi) is 1.76. The van der Waals surface area contributed by atoms with E-state index in [9.17, 15) is 4.79 Å². The first-order valence-corrected chi connectivity index (χ1v) is 5.73. The average molecular weight is 216 g/mol. The normalized spacial score (nSPS) is 20.6. The predicted molar refractivity (Wildman–Crippen MR) is 63.3 cm³/mol. The molecule has 1 aliphatic heterocycles. The van der Waals surface area contributed by atoms with Gasteiger partial charge in [-0.3, -0.25) is 4.79 Å². The highest BCUT2D eigenvalue weighted by atomic mass is 16.1. The molecule has 1 aromatic carbocycles. The van der Waals surface area contributed by atoms with Gasteiger partial charge in [-0.25, -0.2) is 0 Å². The van der Waals surface area contributed by atoms with Gasteiger partial charge in [0.25, 0.3) is 0 Å². The van der Waals surface area contributed by atoms with Crippen LogP contribution in [-0.4, -0.2) is 5.91 Å². The number of rotatable bonds is 1. The van der Waals surface area contributed by atoms with Gasteiger partial charge in [0.05, 0.1) is 6.42 Å². The lowest BCUT2D eigenvalue weighted by Crippen LogP contribution is -2.22. The number of fused-ring (bicyclic) bond motifs is 1. The van der Waals surface area contributed by atoms with Crippen molar-refractivity contribution in [3.8, 4) is 0 Å². The molecule has 1 fully saturated rings. The summed E-state index contributed by atoms with van der Waals surface area (Å²) in [6.45, 7) is 4.19. The summed E-state index contributed by atoms with van der Waals surface area (Å²) < 4.78 is 0. The van der Waals surface area contributed by atoms with Crippen LogP contribution in [0, 0.1) is 13.8 Å². The fourth-order valence-corrected chi connectivity index (χ4v) is 2.63. The molecule has 2 aliphatic rings.